The highest BCUT2D eigenvalue weighted by Gasteiger charge is 2.07. The number of rotatable bonds is 3. The van der Waals surface area contributed by atoms with Gasteiger partial charge in [-0.2, -0.15) is 0 Å². The SMILES string of the molecule is CC(=O)c1ccc(Sc2ccc3ccccc3c2)c(Cl)c1. The summed E-state index contributed by atoms with van der Waals surface area (Å²) in [6, 6.07) is 20.0. The second-order valence-electron chi connectivity index (χ2n) is 4.81. The normalized spacial score (nSPS) is 10.8. The van der Waals surface area contributed by atoms with E-state index in [4.69, 9.17) is 11.6 Å². The first-order chi connectivity index (χ1) is 10.1. The molecule has 104 valence electrons. The minimum absolute atomic E-state index is 0.0270. The highest BCUT2D eigenvalue weighted by Crippen LogP contribution is 2.35. The van der Waals surface area contributed by atoms with Crippen LogP contribution in [-0.4, -0.2) is 5.78 Å². The first-order valence-corrected chi connectivity index (χ1v) is 7.80. The number of benzene rings is 3. The third kappa shape index (κ3) is 3.12. The van der Waals surface area contributed by atoms with Gasteiger partial charge in [0.2, 0.25) is 0 Å². The number of fused-ring (bicyclic) bond motifs is 1. The Kier molecular flexibility index (Phi) is 4.00. The summed E-state index contributed by atoms with van der Waals surface area (Å²) in [7, 11) is 0. The molecule has 1 nitrogen and oxygen atoms in total. The van der Waals surface area contributed by atoms with E-state index in [1.807, 2.05) is 24.3 Å². The monoisotopic (exact) mass is 312 g/mol. The maximum absolute atomic E-state index is 11.3. The van der Waals surface area contributed by atoms with E-state index in [9.17, 15) is 4.79 Å². The molecule has 3 aromatic rings. The Bertz CT molecular complexity index is 826. The summed E-state index contributed by atoms with van der Waals surface area (Å²) in [5.74, 6) is 0.0270. The summed E-state index contributed by atoms with van der Waals surface area (Å²) in [6.45, 7) is 1.54. The van der Waals surface area contributed by atoms with Gasteiger partial charge in [0.05, 0.1) is 5.02 Å². The molecule has 0 spiro atoms. The van der Waals surface area contributed by atoms with Crippen LogP contribution in [0.4, 0.5) is 0 Å². The van der Waals surface area contributed by atoms with Crippen molar-refractivity contribution < 1.29 is 4.79 Å². The quantitative estimate of drug-likeness (QED) is 0.564. The van der Waals surface area contributed by atoms with Crippen molar-refractivity contribution in [3.63, 3.8) is 0 Å². The van der Waals surface area contributed by atoms with Gasteiger partial charge in [-0.25, -0.2) is 0 Å². The van der Waals surface area contributed by atoms with Crippen molar-refractivity contribution in [1.82, 2.24) is 0 Å². The van der Waals surface area contributed by atoms with E-state index >= 15 is 0 Å². The first-order valence-electron chi connectivity index (χ1n) is 6.60. The summed E-state index contributed by atoms with van der Waals surface area (Å²) in [6.07, 6.45) is 0. The van der Waals surface area contributed by atoms with E-state index in [0.717, 1.165) is 9.79 Å². The number of carbonyl (C=O) groups is 1. The summed E-state index contributed by atoms with van der Waals surface area (Å²) in [5, 5.41) is 3.04. The van der Waals surface area contributed by atoms with Crippen LogP contribution in [0.5, 0.6) is 0 Å². The molecule has 0 aromatic heterocycles. The Morgan fingerprint density at radius 3 is 2.43 bits per heavy atom. The van der Waals surface area contributed by atoms with Gasteiger partial charge in [-0.15, -0.1) is 0 Å². The molecule has 0 N–H and O–H groups in total. The molecule has 0 bridgehead atoms. The zero-order valence-electron chi connectivity index (χ0n) is 11.5. The Labute approximate surface area is 132 Å². The van der Waals surface area contributed by atoms with E-state index in [0.29, 0.717) is 10.6 Å². The first kappa shape index (κ1) is 14.2. The smallest absolute Gasteiger partial charge is 0.159 e. The van der Waals surface area contributed by atoms with Gasteiger partial charge in [-0.1, -0.05) is 59.8 Å². The molecule has 21 heavy (non-hydrogen) atoms. The van der Waals surface area contributed by atoms with Crippen LogP contribution >= 0.6 is 23.4 Å². The molecule has 3 aromatic carbocycles. The van der Waals surface area contributed by atoms with Gasteiger partial charge in [0.25, 0.3) is 0 Å². The van der Waals surface area contributed by atoms with Crippen LogP contribution in [0.1, 0.15) is 17.3 Å². The number of carbonyl (C=O) groups excluding carboxylic acids is 1. The number of hydrogen-bond acceptors (Lipinski definition) is 2. The van der Waals surface area contributed by atoms with Crippen molar-refractivity contribution in [2.45, 2.75) is 16.7 Å². The highest BCUT2D eigenvalue weighted by atomic mass is 35.5. The average molecular weight is 313 g/mol. The predicted molar refractivity (Wildman–Crippen MR) is 89.5 cm³/mol. The average Bonchev–Trinajstić information content (AvgIpc) is 2.49. The van der Waals surface area contributed by atoms with E-state index in [1.165, 1.54) is 10.8 Å². The lowest BCUT2D eigenvalue weighted by molar-refractivity contribution is 0.101. The van der Waals surface area contributed by atoms with Crippen molar-refractivity contribution in [2.24, 2.45) is 0 Å². The Morgan fingerprint density at radius 1 is 0.952 bits per heavy atom. The van der Waals surface area contributed by atoms with Crippen LogP contribution in [0.3, 0.4) is 0 Å². The Hall–Kier alpha value is -1.77. The fraction of sp³-hybridized carbons (Fsp3) is 0.0556. The largest absolute Gasteiger partial charge is 0.295 e. The lowest BCUT2D eigenvalue weighted by Crippen LogP contribution is -1.91. The second kappa shape index (κ2) is 5.92. The molecule has 0 saturated heterocycles. The summed E-state index contributed by atoms with van der Waals surface area (Å²) < 4.78 is 0. The number of hydrogen-bond donors (Lipinski definition) is 0. The van der Waals surface area contributed by atoms with Crippen LogP contribution in [0.25, 0.3) is 10.8 Å². The molecule has 0 aliphatic carbocycles. The molecule has 0 fully saturated rings. The standard InChI is InChI=1S/C18H13ClOS/c1-12(20)14-7-9-18(17(19)11-14)21-16-8-6-13-4-2-3-5-15(13)10-16/h2-11H,1H3. The lowest BCUT2D eigenvalue weighted by atomic mass is 10.1. The van der Waals surface area contributed by atoms with Crippen LogP contribution in [0, 0.1) is 0 Å². The van der Waals surface area contributed by atoms with Crippen molar-refractivity contribution >= 4 is 39.9 Å². The fourth-order valence-corrected chi connectivity index (χ4v) is 3.33. The predicted octanol–water partition coefficient (Wildman–Crippen LogP) is 5.85. The molecule has 0 heterocycles. The van der Waals surface area contributed by atoms with Gasteiger partial charge < -0.3 is 0 Å². The van der Waals surface area contributed by atoms with Gasteiger partial charge in [-0.3, -0.25) is 4.79 Å². The summed E-state index contributed by atoms with van der Waals surface area (Å²) in [5.41, 5.74) is 0.642. The third-order valence-corrected chi connectivity index (χ3v) is 4.78. The molecular weight excluding hydrogens is 300 g/mol. The molecule has 0 aliphatic heterocycles. The van der Waals surface area contributed by atoms with Gasteiger partial charge in [-0.05, 0) is 42.0 Å². The van der Waals surface area contributed by atoms with Gasteiger partial charge >= 0.3 is 0 Å². The van der Waals surface area contributed by atoms with Gasteiger partial charge in [0.15, 0.2) is 5.78 Å². The zero-order chi connectivity index (χ0) is 14.8. The maximum Gasteiger partial charge on any atom is 0.159 e. The molecule has 0 aliphatic rings. The van der Waals surface area contributed by atoms with Gasteiger partial charge in [0.1, 0.15) is 0 Å². The molecule has 0 unspecified atom stereocenters. The number of ketones is 1. The second-order valence-corrected chi connectivity index (χ2v) is 6.33. The Balaban J connectivity index is 1.93. The van der Waals surface area contributed by atoms with Crippen molar-refractivity contribution in [2.75, 3.05) is 0 Å². The van der Waals surface area contributed by atoms with E-state index in [-0.39, 0.29) is 5.78 Å². The summed E-state index contributed by atoms with van der Waals surface area (Å²) in [4.78, 5) is 13.4. The van der Waals surface area contributed by atoms with Crippen molar-refractivity contribution in [1.29, 1.82) is 0 Å². The van der Waals surface area contributed by atoms with Gasteiger partial charge in [0, 0.05) is 15.4 Å². The minimum Gasteiger partial charge on any atom is -0.295 e. The van der Waals surface area contributed by atoms with Crippen molar-refractivity contribution in [3.8, 4) is 0 Å². The van der Waals surface area contributed by atoms with E-state index < -0.39 is 0 Å². The molecule has 0 radical (unpaired) electrons. The van der Waals surface area contributed by atoms with E-state index in [2.05, 4.69) is 30.3 Å². The maximum atomic E-state index is 11.3. The molecule has 0 amide bonds. The topological polar surface area (TPSA) is 17.1 Å². The molecule has 0 atom stereocenters. The van der Waals surface area contributed by atoms with Crippen LogP contribution in [0.2, 0.25) is 5.02 Å². The molecule has 3 rings (SSSR count). The zero-order valence-corrected chi connectivity index (χ0v) is 13.0. The lowest BCUT2D eigenvalue weighted by Gasteiger charge is -2.07. The molecule has 3 heteroatoms. The molecule has 0 saturated carbocycles. The number of Topliss-reactive ketones (excluding diaryl/α,β-unsaturated/α-hetero) is 1. The molecular formula is C18H13ClOS. The summed E-state index contributed by atoms with van der Waals surface area (Å²) >= 11 is 7.87. The fourth-order valence-electron chi connectivity index (χ4n) is 2.16. The Morgan fingerprint density at radius 2 is 1.71 bits per heavy atom. The number of halogens is 1. The van der Waals surface area contributed by atoms with Crippen LogP contribution in [-0.2, 0) is 0 Å². The van der Waals surface area contributed by atoms with E-state index in [1.54, 1.807) is 24.8 Å². The third-order valence-electron chi connectivity index (χ3n) is 3.29. The van der Waals surface area contributed by atoms with Crippen LogP contribution in [0.15, 0.2) is 70.5 Å². The minimum atomic E-state index is 0.0270. The van der Waals surface area contributed by atoms with Crippen LogP contribution < -0.4 is 0 Å². The highest BCUT2D eigenvalue weighted by molar-refractivity contribution is 7.99. The van der Waals surface area contributed by atoms with Crippen molar-refractivity contribution in [3.05, 3.63) is 71.2 Å².